The van der Waals surface area contributed by atoms with Crippen molar-refractivity contribution < 1.29 is 9.53 Å². The number of carbonyl (C=O) groups is 1. The summed E-state index contributed by atoms with van der Waals surface area (Å²) in [5.41, 5.74) is 0.734. The van der Waals surface area contributed by atoms with Crippen molar-refractivity contribution >= 4 is 23.6 Å². The first-order valence-corrected chi connectivity index (χ1v) is 6.87. The van der Waals surface area contributed by atoms with Crippen LogP contribution >= 0.6 is 11.6 Å². The molecular formula is C17H13ClN2O2. The maximum atomic E-state index is 11.5. The molecular weight excluding hydrogens is 300 g/mol. The zero-order valence-electron chi connectivity index (χ0n) is 11.8. The number of likely N-dealkylation sites (N-methyl/N-ethyl adjacent to an activating group) is 1. The number of nitrogens with one attached hydrogen (secondary N) is 1. The Hall–Kier alpha value is -2.77. The molecule has 0 aliphatic rings. The lowest BCUT2D eigenvalue weighted by atomic mass is 10.1. The number of carbonyl (C=O) groups excluding carboxylic acids is 1. The molecule has 0 saturated carbocycles. The molecule has 0 heterocycles. The summed E-state index contributed by atoms with van der Waals surface area (Å²) >= 11 is 5.82. The van der Waals surface area contributed by atoms with Crippen molar-refractivity contribution in [2.24, 2.45) is 0 Å². The van der Waals surface area contributed by atoms with Gasteiger partial charge in [0.05, 0.1) is 0 Å². The van der Waals surface area contributed by atoms with E-state index in [1.54, 1.807) is 48.5 Å². The molecule has 0 saturated heterocycles. The predicted molar refractivity (Wildman–Crippen MR) is 85.6 cm³/mol. The molecule has 2 aromatic rings. The van der Waals surface area contributed by atoms with E-state index in [1.165, 1.54) is 13.1 Å². The summed E-state index contributed by atoms with van der Waals surface area (Å²) in [5, 5.41) is 12.1. The van der Waals surface area contributed by atoms with Crippen LogP contribution < -0.4 is 10.1 Å². The Labute approximate surface area is 133 Å². The summed E-state index contributed by atoms with van der Waals surface area (Å²) in [6, 6.07) is 16.0. The fourth-order valence-electron chi connectivity index (χ4n) is 1.76. The molecule has 0 unspecified atom stereocenters. The Morgan fingerprint density at radius 3 is 2.59 bits per heavy atom. The van der Waals surface area contributed by atoms with Gasteiger partial charge in [-0.25, -0.2) is 0 Å². The molecule has 0 spiro atoms. The van der Waals surface area contributed by atoms with E-state index < -0.39 is 5.91 Å². The lowest BCUT2D eigenvalue weighted by molar-refractivity contribution is -0.116. The van der Waals surface area contributed by atoms with Crippen molar-refractivity contribution in [3.63, 3.8) is 0 Å². The van der Waals surface area contributed by atoms with Crippen molar-refractivity contribution in [3.8, 4) is 17.6 Å². The van der Waals surface area contributed by atoms with Gasteiger partial charge in [0.15, 0.2) is 0 Å². The minimum absolute atomic E-state index is 0.0335. The highest BCUT2D eigenvalue weighted by molar-refractivity contribution is 6.30. The number of nitrogens with zero attached hydrogens (tertiary/aromatic N) is 1. The van der Waals surface area contributed by atoms with Crippen LogP contribution in [0.15, 0.2) is 54.1 Å². The summed E-state index contributed by atoms with van der Waals surface area (Å²) in [4.78, 5) is 11.5. The van der Waals surface area contributed by atoms with Gasteiger partial charge < -0.3 is 10.1 Å². The zero-order chi connectivity index (χ0) is 15.9. The van der Waals surface area contributed by atoms with Crippen LogP contribution in [0.2, 0.25) is 5.02 Å². The van der Waals surface area contributed by atoms with Crippen LogP contribution in [0.4, 0.5) is 0 Å². The molecule has 1 N–H and O–H groups in total. The third-order valence-corrected chi connectivity index (χ3v) is 3.06. The van der Waals surface area contributed by atoms with Gasteiger partial charge in [-0.3, -0.25) is 4.79 Å². The number of hydrogen-bond acceptors (Lipinski definition) is 3. The zero-order valence-corrected chi connectivity index (χ0v) is 12.6. The minimum Gasteiger partial charge on any atom is -0.457 e. The van der Waals surface area contributed by atoms with Gasteiger partial charge in [-0.15, -0.1) is 0 Å². The second-order valence-corrected chi connectivity index (χ2v) is 4.81. The highest BCUT2D eigenvalue weighted by Gasteiger charge is 2.06. The fourth-order valence-corrected chi connectivity index (χ4v) is 1.88. The Bertz CT molecular complexity index is 746. The number of amides is 1. The lowest BCUT2D eigenvalue weighted by Gasteiger charge is -2.06. The molecule has 110 valence electrons. The molecule has 4 nitrogen and oxygen atoms in total. The molecule has 1 amide bonds. The summed E-state index contributed by atoms with van der Waals surface area (Å²) in [5.74, 6) is 0.828. The predicted octanol–water partition coefficient (Wildman–Crippen LogP) is 3.79. The average Bonchev–Trinajstić information content (AvgIpc) is 2.54. The van der Waals surface area contributed by atoms with Gasteiger partial charge in [0, 0.05) is 12.1 Å². The minimum atomic E-state index is -0.425. The molecule has 0 aliphatic carbocycles. The first-order valence-electron chi connectivity index (χ1n) is 6.50. The molecule has 0 atom stereocenters. The number of rotatable bonds is 4. The summed E-state index contributed by atoms with van der Waals surface area (Å²) in [6.45, 7) is 0. The van der Waals surface area contributed by atoms with Gasteiger partial charge in [0.1, 0.15) is 23.1 Å². The topological polar surface area (TPSA) is 62.1 Å². The second-order valence-electron chi connectivity index (χ2n) is 4.38. The van der Waals surface area contributed by atoms with E-state index in [0.717, 1.165) is 0 Å². The van der Waals surface area contributed by atoms with E-state index in [2.05, 4.69) is 5.32 Å². The van der Waals surface area contributed by atoms with Gasteiger partial charge in [0.2, 0.25) is 0 Å². The Kier molecular flexibility index (Phi) is 5.18. The van der Waals surface area contributed by atoms with E-state index in [9.17, 15) is 4.79 Å². The average molecular weight is 313 g/mol. The standard InChI is InChI=1S/C17H13ClN2O2/c1-20-17(21)13(11-19)9-12-3-2-4-16(10-12)22-15-7-5-14(18)6-8-15/h2-10H,1H3,(H,20,21)/b13-9+. The van der Waals surface area contributed by atoms with E-state index in [1.807, 2.05) is 6.07 Å². The van der Waals surface area contributed by atoms with Crippen molar-refractivity contribution in [2.45, 2.75) is 0 Å². The largest absolute Gasteiger partial charge is 0.457 e. The SMILES string of the molecule is CNC(=O)/C(C#N)=C/c1cccc(Oc2ccc(Cl)cc2)c1. The summed E-state index contributed by atoms with van der Waals surface area (Å²) in [7, 11) is 1.48. The highest BCUT2D eigenvalue weighted by atomic mass is 35.5. The van der Waals surface area contributed by atoms with Crippen LogP contribution in [0, 0.1) is 11.3 Å². The van der Waals surface area contributed by atoms with Gasteiger partial charge >= 0.3 is 0 Å². The number of halogens is 1. The van der Waals surface area contributed by atoms with Crippen LogP contribution in [-0.2, 0) is 4.79 Å². The number of ether oxygens (including phenoxy) is 1. The Morgan fingerprint density at radius 2 is 1.95 bits per heavy atom. The molecule has 0 bridgehead atoms. The van der Waals surface area contributed by atoms with E-state index in [0.29, 0.717) is 22.1 Å². The van der Waals surface area contributed by atoms with Gasteiger partial charge in [0.25, 0.3) is 5.91 Å². The second kappa shape index (κ2) is 7.30. The van der Waals surface area contributed by atoms with Gasteiger partial charge in [-0.1, -0.05) is 23.7 Å². The molecule has 5 heteroatoms. The fraction of sp³-hybridized carbons (Fsp3) is 0.0588. The quantitative estimate of drug-likeness (QED) is 0.690. The Morgan fingerprint density at radius 1 is 1.23 bits per heavy atom. The summed E-state index contributed by atoms with van der Waals surface area (Å²) in [6.07, 6.45) is 1.51. The third kappa shape index (κ3) is 4.11. The maximum Gasteiger partial charge on any atom is 0.261 e. The number of hydrogen-bond donors (Lipinski definition) is 1. The van der Waals surface area contributed by atoms with Crippen molar-refractivity contribution in [3.05, 3.63) is 64.7 Å². The van der Waals surface area contributed by atoms with Crippen molar-refractivity contribution in [1.29, 1.82) is 5.26 Å². The molecule has 22 heavy (non-hydrogen) atoms. The van der Waals surface area contributed by atoms with Crippen molar-refractivity contribution in [1.82, 2.24) is 5.32 Å². The molecule has 0 aromatic heterocycles. The smallest absolute Gasteiger partial charge is 0.261 e. The number of benzene rings is 2. The van der Waals surface area contributed by atoms with Gasteiger partial charge in [-0.2, -0.15) is 5.26 Å². The maximum absolute atomic E-state index is 11.5. The van der Waals surface area contributed by atoms with E-state index in [-0.39, 0.29) is 5.57 Å². The number of nitriles is 1. The van der Waals surface area contributed by atoms with Crippen molar-refractivity contribution in [2.75, 3.05) is 7.05 Å². The molecule has 2 rings (SSSR count). The first kappa shape index (κ1) is 15.6. The molecule has 0 radical (unpaired) electrons. The van der Waals surface area contributed by atoms with Crippen LogP contribution in [-0.4, -0.2) is 13.0 Å². The monoisotopic (exact) mass is 312 g/mol. The van der Waals surface area contributed by atoms with Crippen LogP contribution in [0.5, 0.6) is 11.5 Å². The summed E-state index contributed by atoms with van der Waals surface area (Å²) < 4.78 is 5.70. The lowest BCUT2D eigenvalue weighted by Crippen LogP contribution is -2.19. The first-order chi connectivity index (χ1) is 10.6. The molecule has 2 aromatic carbocycles. The van der Waals surface area contributed by atoms with Crippen LogP contribution in [0.25, 0.3) is 6.08 Å². The molecule has 0 aliphatic heterocycles. The highest BCUT2D eigenvalue weighted by Crippen LogP contribution is 2.24. The van der Waals surface area contributed by atoms with Gasteiger partial charge in [-0.05, 0) is 48.0 Å². The molecule has 0 fully saturated rings. The normalized spacial score (nSPS) is 10.7. The third-order valence-electron chi connectivity index (χ3n) is 2.81. The van der Waals surface area contributed by atoms with E-state index in [4.69, 9.17) is 21.6 Å². The van der Waals surface area contributed by atoms with Crippen LogP contribution in [0.3, 0.4) is 0 Å². The Balaban J connectivity index is 2.23. The van der Waals surface area contributed by atoms with E-state index >= 15 is 0 Å². The van der Waals surface area contributed by atoms with Crippen LogP contribution in [0.1, 0.15) is 5.56 Å².